The van der Waals surface area contributed by atoms with E-state index in [4.69, 9.17) is 0 Å². The summed E-state index contributed by atoms with van der Waals surface area (Å²) in [6.07, 6.45) is 0.795. The second kappa shape index (κ2) is 5.49. The predicted octanol–water partition coefficient (Wildman–Crippen LogP) is 2.19. The summed E-state index contributed by atoms with van der Waals surface area (Å²) < 4.78 is 45.8. The molecule has 0 saturated carbocycles. The highest BCUT2D eigenvalue weighted by atomic mass is 32.2. The quantitative estimate of drug-likeness (QED) is 0.730. The van der Waals surface area contributed by atoms with Gasteiger partial charge in [0.05, 0.1) is 21.0 Å². The van der Waals surface area contributed by atoms with E-state index in [2.05, 4.69) is 0 Å². The van der Waals surface area contributed by atoms with Crippen molar-refractivity contribution in [2.24, 2.45) is 0 Å². The Morgan fingerprint density at radius 2 is 0.833 bits per heavy atom. The maximum Gasteiger partial charge on any atom is 0.155 e. The van der Waals surface area contributed by atoms with E-state index in [1.807, 2.05) is 0 Å². The largest absolute Gasteiger partial charge is 0.228 e. The number of rotatable bonds is 5. The minimum Gasteiger partial charge on any atom is -0.228 e. The third kappa shape index (κ3) is 4.88. The molecule has 0 aliphatic heterocycles. The Morgan fingerprint density at radius 1 is 0.611 bits per heavy atom. The van der Waals surface area contributed by atoms with Gasteiger partial charge in [-0.2, -0.15) is 0 Å². The van der Waals surface area contributed by atoms with Crippen LogP contribution in [0.2, 0.25) is 0 Å². The first kappa shape index (κ1) is 17.9. The molecule has 0 spiro atoms. The van der Waals surface area contributed by atoms with Crippen molar-refractivity contribution in [2.75, 3.05) is 11.5 Å². The van der Waals surface area contributed by atoms with Gasteiger partial charge in [-0.25, -0.2) is 16.8 Å². The molecule has 4 nitrogen and oxygen atoms in total. The van der Waals surface area contributed by atoms with Crippen LogP contribution >= 0.6 is 0 Å². The van der Waals surface area contributed by atoms with E-state index in [0.717, 1.165) is 0 Å². The Kier molecular flexibility index (Phi) is 5.46. The summed E-state index contributed by atoms with van der Waals surface area (Å²) in [6.45, 7) is 9.97. The molecule has 110 valence electrons. The fourth-order valence-electron chi connectivity index (χ4n) is 1.20. The van der Waals surface area contributed by atoms with Crippen molar-refractivity contribution in [1.29, 1.82) is 0 Å². The van der Waals surface area contributed by atoms with Gasteiger partial charge in [-0.15, -0.1) is 0 Å². The summed E-state index contributed by atoms with van der Waals surface area (Å²) in [5, 5.41) is 0. The first-order chi connectivity index (χ1) is 7.71. The smallest absolute Gasteiger partial charge is 0.155 e. The molecule has 18 heavy (non-hydrogen) atoms. The van der Waals surface area contributed by atoms with Gasteiger partial charge in [0, 0.05) is 0 Å². The molecule has 0 unspecified atom stereocenters. The SMILES string of the molecule is CC(C)(C)S(=O)(=O)CCCCS(=O)(=O)C(C)(C)C. The van der Waals surface area contributed by atoms with Gasteiger partial charge in [0.15, 0.2) is 19.7 Å². The van der Waals surface area contributed by atoms with Crippen LogP contribution in [0.5, 0.6) is 0 Å². The summed E-state index contributed by atoms with van der Waals surface area (Å²) in [6, 6.07) is 0. The normalized spacial score (nSPS) is 14.8. The van der Waals surface area contributed by atoms with Crippen LogP contribution < -0.4 is 0 Å². The Bertz CT molecular complexity index is 413. The van der Waals surface area contributed by atoms with Crippen LogP contribution in [0.15, 0.2) is 0 Å². The van der Waals surface area contributed by atoms with Crippen molar-refractivity contribution >= 4 is 19.7 Å². The molecule has 0 rings (SSSR count). The third-order valence-corrected chi connectivity index (χ3v) is 8.33. The minimum absolute atomic E-state index is 0.0517. The van der Waals surface area contributed by atoms with E-state index in [0.29, 0.717) is 12.8 Å². The van der Waals surface area contributed by atoms with E-state index in [1.54, 1.807) is 41.5 Å². The van der Waals surface area contributed by atoms with Gasteiger partial charge in [-0.3, -0.25) is 0 Å². The Labute approximate surface area is 112 Å². The average Bonchev–Trinajstić information content (AvgIpc) is 2.08. The molecule has 0 heterocycles. The van der Waals surface area contributed by atoms with Crippen molar-refractivity contribution < 1.29 is 16.8 Å². The zero-order valence-electron chi connectivity index (χ0n) is 12.3. The van der Waals surface area contributed by atoms with Gasteiger partial charge < -0.3 is 0 Å². The predicted molar refractivity (Wildman–Crippen MR) is 76.3 cm³/mol. The molecular weight excluding hydrogens is 272 g/mol. The summed E-state index contributed by atoms with van der Waals surface area (Å²) in [7, 11) is -6.29. The second-order valence-electron chi connectivity index (χ2n) is 6.57. The van der Waals surface area contributed by atoms with Crippen molar-refractivity contribution in [1.82, 2.24) is 0 Å². The molecular formula is C12H26O4S2. The summed E-state index contributed by atoms with van der Waals surface area (Å²) in [5.41, 5.74) is 0. The molecule has 0 aliphatic carbocycles. The van der Waals surface area contributed by atoms with Crippen LogP contribution in [0.3, 0.4) is 0 Å². The topological polar surface area (TPSA) is 68.3 Å². The number of sulfone groups is 2. The van der Waals surface area contributed by atoms with Gasteiger partial charge in [-0.05, 0) is 54.4 Å². The standard InChI is InChI=1S/C12H26O4S2/c1-11(2,3)17(13,14)9-7-8-10-18(15,16)12(4,5)6/h7-10H2,1-6H3. The average molecular weight is 298 g/mol. The van der Waals surface area contributed by atoms with Crippen LogP contribution in [0.25, 0.3) is 0 Å². The van der Waals surface area contributed by atoms with E-state index in [1.165, 1.54) is 0 Å². The van der Waals surface area contributed by atoms with Gasteiger partial charge in [0.25, 0.3) is 0 Å². The number of hydrogen-bond acceptors (Lipinski definition) is 4. The van der Waals surface area contributed by atoms with Crippen LogP contribution in [-0.4, -0.2) is 37.8 Å². The molecule has 0 fully saturated rings. The summed E-state index contributed by atoms with van der Waals surface area (Å²) >= 11 is 0. The van der Waals surface area contributed by atoms with Crippen LogP contribution in [0.1, 0.15) is 54.4 Å². The molecule has 6 heteroatoms. The molecule has 0 aromatic carbocycles. The zero-order valence-corrected chi connectivity index (χ0v) is 13.9. The minimum atomic E-state index is -3.15. The summed E-state index contributed by atoms with van der Waals surface area (Å²) in [5.74, 6) is 0.103. The highest BCUT2D eigenvalue weighted by molar-refractivity contribution is 7.93. The molecule has 0 amide bonds. The molecule has 0 atom stereocenters. The van der Waals surface area contributed by atoms with Crippen LogP contribution in [0, 0.1) is 0 Å². The lowest BCUT2D eigenvalue weighted by molar-refractivity contribution is 0.550. The number of hydrogen-bond donors (Lipinski definition) is 0. The molecule has 0 bridgehead atoms. The second-order valence-corrected chi connectivity index (χ2v) is 12.3. The molecule has 0 N–H and O–H groups in total. The van der Waals surface area contributed by atoms with Crippen molar-refractivity contribution in [2.45, 2.75) is 63.9 Å². The van der Waals surface area contributed by atoms with Crippen molar-refractivity contribution in [3.8, 4) is 0 Å². The fraction of sp³-hybridized carbons (Fsp3) is 1.00. The first-order valence-electron chi connectivity index (χ1n) is 6.15. The third-order valence-electron chi connectivity index (χ3n) is 2.94. The zero-order chi connectivity index (χ0) is 14.8. The van der Waals surface area contributed by atoms with E-state index in [-0.39, 0.29) is 11.5 Å². The molecule has 0 aliphatic rings. The van der Waals surface area contributed by atoms with Gasteiger partial charge >= 0.3 is 0 Å². The maximum absolute atomic E-state index is 11.8. The van der Waals surface area contributed by atoms with E-state index >= 15 is 0 Å². The molecule has 0 saturated heterocycles. The van der Waals surface area contributed by atoms with E-state index in [9.17, 15) is 16.8 Å². The van der Waals surface area contributed by atoms with Crippen LogP contribution in [0.4, 0.5) is 0 Å². The Balaban J connectivity index is 4.36. The monoisotopic (exact) mass is 298 g/mol. The molecule has 0 aromatic rings. The lowest BCUT2D eigenvalue weighted by atomic mass is 10.3. The van der Waals surface area contributed by atoms with Crippen molar-refractivity contribution in [3.63, 3.8) is 0 Å². The molecule has 0 radical (unpaired) electrons. The van der Waals surface area contributed by atoms with E-state index < -0.39 is 29.2 Å². The van der Waals surface area contributed by atoms with Gasteiger partial charge in [0.1, 0.15) is 0 Å². The highest BCUT2D eigenvalue weighted by Gasteiger charge is 2.30. The lowest BCUT2D eigenvalue weighted by Gasteiger charge is -2.20. The van der Waals surface area contributed by atoms with Gasteiger partial charge in [-0.1, -0.05) is 0 Å². The maximum atomic E-state index is 11.8. The fourth-order valence-corrected chi connectivity index (χ4v) is 3.59. The molecule has 0 aromatic heterocycles. The van der Waals surface area contributed by atoms with Crippen LogP contribution in [-0.2, 0) is 19.7 Å². The highest BCUT2D eigenvalue weighted by Crippen LogP contribution is 2.20. The Hall–Kier alpha value is -0.100. The number of unbranched alkanes of at least 4 members (excludes halogenated alkanes) is 1. The van der Waals surface area contributed by atoms with Crippen molar-refractivity contribution in [3.05, 3.63) is 0 Å². The Morgan fingerprint density at radius 3 is 1.00 bits per heavy atom. The lowest BCUT2D eigenvalue weighted by Crippen LogP contribution is -2.32. The van der Waals surface area contributed by atoms with Gasteiger partial charge in [0.2, 0.25) is 0 Å². The summed E-state index contributed by atoms with van der Waals surface area (Å²) in [4.78, 5) is 0. The first-order valence-corrected chi connectivity index (χ1v) is 9.46.